The van der Waals surface area contributed by atoms with E-state index in [-0.39, 0.29) is 19.6 Å². The summed E-state index contributed by atoms with van der Waals surface area (Å²) in [4.78, 5) is 0.953. The van der Waals surface area contributed by atoms with Crippen molar-refractivity contribution in [3.8, 4) is 16.5 Å². The van der Waals surface area contributed by atoms with E-state index in [0.29, 0.717) is 17.0 Å². The van der Waals surface area contributed by atoms with E-state index >= 15 is 0 Å². The SMILES string of the molecule is CCOP(=O)(COc1noc(-c2cccs2)c1CBr)OCC. The number of ether oxygens (including phenoxy) is 1. The molecule has 0 saturated heterocycles. The van der Waals surface area contributed by atoms with Crippen LogP contribution in [0.3, 0.4) is 0 Å². The van der Waals surface area contributed by atoms with Crippen LogP contribution in [0.1, 0.15) is 19.4 Å². The summed E-state index contributed by atoms with van der Waals surface area (Å²) in [5, 5.41) is 6.37. The lowest BCUT2D eigenvalue weighted by molar-refractivity contribution is 0.193. The normalized spacial score (nSPS) is 11.8. The zero-order chi connectivity index (χ0) is 16.0. The number of rotatable bonds is 9. The highest BCUT2D eigenvalue weighted by atomic mass is 79.9. The number of hydrogen-bond acceptors (Lipinski definition) is 7. The fourth-order valence-electron chi connectivity index (χ4n) is 1.77. The quantitative estimate of drug-likeness (QED) is 0.433. The van der Waals surface area contributed by atoms with Gasteiger partial charge in [0.05, 0.1) is 23.7 Å². The molecule has 22 heavy (non-hydrogen) atoms. The summed E-state index contributed by atoms with van der Waals surface area (Å²) in [7, 11) is -3.28. The molecule has 0 N–H and O–H groups in total. The van der Waals surface area contributed by atoms with E-state index in [1.165, 1.54) is 0 Å². The molecule has 0 fully saturated rings. The molecule has 9 heteroatoms. The molecule has 0 spiro atoms. The van der Waals surface area contributed by atoms with Crippen molar-refractivity contribution < 1.29 is 22.9 Å². The smallest absolute Gasteiger partial charge is 0.367 e. The van der Waals surface area contributed by atoms with E-state index in [4.69, 9.17) is 18.3 Å². The molecule has 0 radical (unpaired) electrons. The first-order valence-corrected chi connectivity index (χ1v) is 10.5. The van der Waals surface area contributed by atoms with Gasteiger partial charge in [-0.25, -0.2) is 0 Å². The first-order valence-electron chi connectivity index (χ1n) is 6.72. The second-order valence-corrected chi connectivity index (χ2v) is 7.63. The highest BCUT2D eigenvalue weighted by molar-refractivity contribution is 9.08. The number of hydrogen-bond donors (Lipinski definition) is 0. The molecule has 0 bridgehead atoms. The molecule has 0 aromatic carbocycles. The van der Waals surface area contributed by atoms with Gasteiger partial charge >= 0.3 is 7.60 Å². The number of nitrogens with zero attached hydrogens (tertiary/aromatic N) is 1. The number of aromatic nitrogens is 1. The van der Waals surface area contributed by atoms with E-state index in [2.05, 4.69) is 21.1 Å². The minimum absolute atomic E-state index is 0.203. The molecule has 2 aromatic heterocycles. The molecule has 0 aliphatic carbocycles. The molecule has 2 rings (SSSR count). The predicted molar refractivity (Wildman–Crippen MR) is 88.8 cm³/mol. The van der Waals surface area contributed by atoms with Gasteiger partial charge in [-0.15, -0.1) is 11.3 Å². The van der Waals surface area contributed by atoms with Gasteiger partial charge in [-0.2, -0.15) is 0 Å². The molecule has 0 saturated carbocycles. The van der Waals surface area contributed by atoms with Crippen LogP contribution >= 0.6 is 34.9 Å². The maximum absolute atomic E-state index is 12.4. The van der Waals surface area contributed by atoms with E-state index < -0.39 is 7.60 Å². The highest BCUT2D eigenvalue weighted by Crippen LogP contribution is 2.48. The number of thiophene rings is 1. The lowest BCUT2D eigenvalue weighted by atomic mass is 10.2. The van der Waals surface area contributed by atoms with Crippen LogP contribution in [0.15, 0.2) is 22.0 Å². The summed E-state index contributed by atoms with van der Waals surface area (Å²) >= 11 is 4.94. The first-order chi connectivity index (χ1) is 10.6. The van der Waals surface area contributed by atoms with Gasteiger partial charge in [-0.1, -0.05) is 22.0 Å². The van der Waals surface area contributed by atoms with Gasteiger partial charge in [0.2, 0.25) is 0 Å². The Balaban J connectivity index is 2.15. The Bertz CT molecular complexity index is 620. The van der Waals surface area contributed by atoms with Crippen LogP contribution in [-0.2, 0) is 18.9 Å². The second-order valence-electron chi connectivity index (χ2n) is 4.13. The van der Waals surface area contributed by atoms with Gasteiger partial charge in [-0.3, -0.25) is 4.57 Å². The number of alkyl halides is 1. The van der Waals surface area contributed by atoms with Gasteiger partial charge in [0.15, 0.2) is 12.1 Å². The summed E-state index contributed by atoms with van der Waals surface area (Å²) in [6.07, 6.45) is -0.203. The molecule has 0 amide bonds. The zero-order valence-electron chi connectivity index (χ0n) is 12.3. The molecule has 2 aromatic rings. The third-order valence-electron chi connectivity index (χ3n) is 2.64. The number of halogens is 1. The van der Waals surface area contributed by atoms with Crippen molar-refractivity contribution in [3.63, 3.8) is 0 Å². The van der Waals surface area contributed by atoms with Crippen LogP contribution < -0.4 is 4.74 Å². The van der Waals surface area contributed by atoms with Gasteiger partial charge in [0.25, 0.3) is 5.88 Å². The van der Waals surface area contributed by atoms with Crippen LogP contribution in [0.25, 0.3) is 10.6 Å². The maximum Gasteiger partial charge on any atom is 0.367 e. The zero-order valence-corrected chi connectivity index (χ0v) is 15.6. The van der Waals surface area contributed by atoms with Crippen LogP contribution in [-0.4, -0.2) is 24.7 Å². The summed E-state index contributed by atoms with van der Waals surface area (Å²) in [5.74, 6) is 0.935. The van der Waals surface area contributed by atoms with E-state index in [1.54, 1.807) is 25.2 Å². The maximum atomic E-state index is 12.4. The van der Waals surface area contributed by atoms with Crippen molar-refractivity contribution in [1.82, 2.24) is 5.16 Å². The molecule has 2 heterocycles. The van der Waals surface area contributed by atoms with Gasteiger partial charge in [0, 0.05) is 5.33 Å². The van der Waals surface area contributed by atoms with Crippen LogP contribution in [0.2, 0.25) is 0 Å². The Labute approximate surface area is 141 Å². The van der Waals surface area contributed by atoms with Crippen LogP contribution in [0.4, 0.5) is 0 Å². The largest absolute Gasteiger partial charge is 0.462 e. The standard InChI is InChI=1S/C13H17BrNO5PS/c1-3-18-21(16,19-4-2)9-17-13-10(8-14)12(20-15-13)11-6-5-7-22-11/h5-7H,3-4,8-9H2,1-2H3. The lowest BCUT2D eigenvalue weighted by Crippen LogP contribution is -2.06. The van der Waals surface area contributed by atoms with E-state index in [9.17, 15) is 4.57 Å². The van der Waals surface area contributed by atoms with Crippen LogP contribution in [0.5, 0.6) is 5.88 Å². The van der Waals surface area contributed by atoms with E-state index in [1.807, 2.05) is 17.5 Å². The molecule has 0 unspecified atom stereocenters. The summed E-state index contributed by atoms with van der Waals surface area (Å²) in [6, 6.07) is 3.87. The minimum Gasteiger partial charge on any atom is -0.462 e. The third kappa shape index (κ3) is 4.20. The predicted octanol–water partition coefficient (Wildman–Crippen LogP) is 4.90. The minimum atomic E-state index is -3.28. The Kier molecular flexibility index (Phi) is 6.65. The lowest BCUT2D eigenvalue weighted by Gasteiger charge is -2.16. The monoisotopic (exact) mass is 409 g/mol. The second kappa shape index (κ2) is 8.26. The third-order valence-corrected chi connectivity index (χ3v) is 5.82. The Hall–Kier alpha value is -0.660. The van der Waals surface area contributed by atoms with E-state index in [0.717, 1.165) is 10.4 Å². The summed E-state index contributed by atoms with van der Waals surface area (Å²) in [6.45, 7) is 4.07. The first kappa shape index (κ1) is 17.7. The van der Waals surface area contributed by atoms with Gasteiger partial charge in [-0.05, 0) is 30.5 Å². The summed E-state index contributed by atoms with van der Waals surface area (Å²) < 4.78 is 33.6. The fourth-order valence-corrected chi connectivity index (χ4v) is 4.29. The van der Waals surface area contributed by atoms with Crippen molar-refractivity contribution in [1.29, 1.82) is 0 Å². The van der Waals surface area contributed by atoms with Gasteiger partial charge < -0.3 is 18.3 Å². The average molecular weight is 410 g/mol. The van der Waals surface area contributed by atoms with Gasteiger partial charge in [0.1, 0.15) is 0 Å². The molecule has 0 atom stereocenters. The average Bonchev–Trinajstić information content (AvgIpc) is 3.14. The Morgan fingerprint density at radius 3 is 2.64 bits per heavy atom. The fraction of sp³-hybridized carbons (Fsp3) is 0.462. The van der Waals surface area contributed by atoms with Crippen molar-refractivity contribution in [2.45, 2.75) is 19.2 Å². The summed E-state index contributed by atoms with van der Waals surface area (Å²) in [5.41, 5.74) is 0.766. The van der Waals surface area contributed by atoms with Crippen molar-refractivity contribution in [3.05, 3.63) is 23.1 Å². The molecule has 0 aliphatic heterocycles. The Morgan fingerprint density at radius 1 is 1.36 bits per heavy atom. The van der Waals surface area contributed by atoms with Crippen molar-refractivity contribution >= 4 is 34.9 Å². The Morgan fingerprint density at radius 2 is 2.09 bits per heavy atom. The van der Waals surface area contributed by atoms with Crippen molar-refractivity contribution in [2.75, 3.05) is 19.6 Å². The van der Waals surface area contributed by atoms with Crippen LogP contribution in [0, 0.1) is 0 Å². The topological polar surface area (TPSA) is 70.8 Å². The molecule has 6 nitrogen and oxygen atoms in total. The molecular weight excluding hydrogens is 393 g/mol. The molecule has 122 valence electrons. The highest BCUT2D eigenvalue weighted by Gasteiger charge is 2.27. The van der Waals surface area contributed by atoms with Crippen molar-refractivity contribution in [2.24, 2.45) is 0 Å². The molecular formula is C13H17BrNO5PS. The molecule has 0 aliphatic rings.